The zero-order chi connectivity index (χ0) is 21.8. The molecule has 0 aliphatic heterocycles. The highest BCUT2D eigenvalue weighted by Crippen LogP contribution is 2.44. The highest BCUT2D eigenvalue weighted by Gasteiger charge is 2.31. The van der Waals surface area contributed by atoms with Crippen molar-refractivity contribution in [3.05, 3.63) is 90.0 Å². The summed E-state index contributed by atoms with van der Waals surface area (Å²) in [6.07, 6.45) is -0.634. The van der Waals surface area contributed by atoms with E-state index in [4.69, 9.17) is 9.47 Å². The summed E-state index contributed by atoms with van der Waals surface area (Å²) in [5, 5.41) is 2.67. The number of alkyl carbamates (subject to hydrolysis) is 1. The lowest BCUT2D eigenvalue weighted by Gasteiger charge is -2.21. The van der Waals surface area contributed by atoms with E-state index in [1.165, 1.54) is 11.1 Å². The van der Waals surface area contributed by atoms with Crippen LogP contribution >= 0.6 is 0 Å². The van der Waals surface area contributed by atoms with Gasteiger partial charge in [-0.2, -0.15) is 0 Å². The number of carbonyl (C=O) groups excluding carboxylic acids is 2. The van der Waals surface area contributed by atoms with E-state index >= 15 is 0 Å². The summed E-state index contributed by atoms with van der Waals surface area (Å²) in [7, 11) is 0. The van der Waals surface area contributed by atoms with Gasteiger partial charge >= 0.3 is 12.1 Å². The van der Waals surface area contributed by atoms with Gasteiger partial charge < -0.3 is 14.8 Å². The molecule has 0 spiro atoms. The van der Waals surface area contributed by atoms with Gasteiger partial charge in [0.2, 0.25) is 0 Å². The van der Waals surface area contributed by atoms with Crippen LogP contribution in [0, 0.1) is 5.92 Å². The number of nitrogens with one attached hydrogen (secondary N) is 1. The van der Waals surface area contributed by atoms with Gasteiger partial charge in [-0.25, -0.2) is 9.59 Å². The average molecular weight is 415 g/mol. The maximum absolute atomic E-state index is 12.6. The molecular formula is C26H25NO4. The molecule has 1 atom stereocenters. The summed E-state index contributed by atoms with van der Waals surface area (Å²) in [4.78, 5) is 25.1. The molecule has 0 saturated carbocycles. The molecule has 5 nitrogen and oxygen atoms in total. The van der Waals surface area contributed by atoms with E-state index in [1.54, 1.807) is 24.3 Å². The third kappa shape index (κ3) is 4.45. The molecule has 31 heavy (non-hydrogen) atoms. The van der Waals surface area contributed by atoms with Crippen LogP contribution < -0.4 is 10.1 Å². The number of esters is 1. The number of hydrogen-bond acceptors (Lipinski definition) is 4. The van der Waals surface area contributed by atoms with Gasteiger partial charge in [0.1, 0.15) is 18.4 Å². The number of hydrogen-bond donors (Lipinski definition) is 1. The van der Waals surface area contributed by atoms with E-state index < -0.39 is 18.1 Å². The minimum Gasteiger partial charge on any atom is -0.449 e. The fraction of sp³-hybridized carbons (Fsp3) is 0.231. The molecule has 158 valence electrons. The quantitative estimate of drug-likeness (QED) is 0.446. The fourth-order valence-corrected chi connectivity index (χ4v) is 3.93. The molecule has 3 aromatic rings. The van der Waals surface area contributed by atoms with Crippen LogP contribution in [0.25, 0.3) is 11.1 Å². The van der Waals surface area contributed by atoms with Crippen molar-refractivity contribution in [2.24, 2.45) is 5.92 Å². The van der Waals surface area contributed by atoms with Crippen LogP contribution in [0.4, 0.5) is 4.79 Å². The summed E-state index contributed by atoms with van der Waals surface area (Å²) in [6.45, 7) is 3.89. The SMILES string of the molecule is CC(C)[C@H](NC(=O)OCC1c2ccccc2-c2ccccc21)C(=O)Oc1ccccc1. The summed E-state index contributed by atoms with van der Waals surface area (Å²) >= 11 is 0. The van der Waals surface area contributed by atoms with Gasteiger partial charge in [0.05, 0.1) is 0 Å². The molecule has 4 rings (SSSR count). The van der Waals surface area contributed by atoms with Crippen LogP contribution in [0.3, 0.4) is 0 Å². The molecule has 1 N–H and O–H groups in total. The second-order valence-electron chi connectivity index (χ2n) is 7.93. The zero-order valence-corrected chi connectivity index (χ0v) is 17.6. The molecule has 0 heterocycles. The van der Waals surface area contributed by atoms with Gasteiger partial charge in [-0.15, -0.1) is 0 Å². The Labute approximate surface area is 182 Å². The first-order chi connectivity index (χ1) is 15.0. The van der Waals surface area contributed by atoms with Gasteiger partial charge in [-0.3, -0.25) is 0 Å². The molecule has 1 amide bonds. The van der Waals surface area contributed by atoms with Crippen LogP contribution in [0.2, 0.25) is 0 Å². The summed E-state index contributed by atoms with van der Waals surface area (Å²) in [5.74, 6) is -0.272. The van der Waals surface area contributed by atoms with Crippen molar-refractivity contribution in [3.8, 4) is 16.9 Å². The maximum Gasteiger partial charge on any atom is 0.407 e. The van der Waals surface area contributed by atoms with E-state index in [1.807, 2.05) is 44.2 Å². The second kappa shape index (κ2) is 9.04. The van der Waals surface area contributed by atoms with Crippen LogP contribution in [-0.2, 0) is 9.53 Å². The Morgan fingerprint density at radius 1 is 0.839 bits per heavy atom. The Bertz CT molecular complexity index is 1030. The number of benzene rings is 3. The Kier molecular flexibility index (Phi) is 6.03. The molecular weight excluding hydrogens is 390 g/mol. The van der Waals surface area contributed by atoms with E-state index in [0.717, 1.165) is 11.1 Å². The Morgan fingerprint density at radius 2 is 1.39 bits per heavy atom. The first kappa shape index (κ1) is 20.7. The van der Waals surface area contributed by atoms with Crippen molar-refractivity contribution >= 4 is 12.1 Å². The van der Waals surface area contributed by atoms with Gasteiger partial charge in [0.15, 0.2) is 0 Å². The molecule has 1 aliphatic rings. The molecule has 0 radical (unpaired) electrons. The Hall–Kier alpha value is -3.60. The second-order valence-corrected chi connectivity index (χ2v) is 7.93. The minimum atomic E-state index is -0.809. The summed E-state index contributed by atoms with van der Waals surface area (Å²) in [5.41, 5.74) is 4.61. The fourth-order valence-electron chi connectivity index (χ4n) is 3.93. The lowest BCUT2D eigenvalue weighted by molar-refractivity contribution is -0.137. The Morgan fingerprint density at radius 3 is 1.97 bits per heavy atom. The predicted molar refractivity (Wildman–Crippen MR) is 119 cm³/mol. The number of carbonyl (C=O) groups is 2. The number of fused-ring (bicyclic) bond motifs is 3. The highest BCUT2D eigenvalue weighted by atomic mass is 16.6. The van der Waals surface area contributed by atoms with Crippen molar-refractivity contribution in [1.82, 2.24) is 5.32 Å². The minimum absolute atomic E-state index is 0.0353. The third-order valence-electron chi connectivity index (χ3n) is 5.50. The number of rotatable bonds is 6. The summed E-state index contributed by atoms with van der Waals surface area (Å²) in [6, 6.07) is 24.3. The first-order valence-electron chi connectivity index (χ1n) is 10.4. The molecule has 1 aliphatic carbocycles. The van der Waals surface area contributed by atoms with Gasteiger partial charge in [-0.05, 0) is 40.3 Å². The molecule has 0 unspecified atom stereocenters. The first-order valence-corrected chi connectivity index (χ1v) is 10.4. The number of ether oxygens (including phenoxy) is 2. The lowest BCUT2D eigenvalue weighted by Crippen LogP contribution is -2.46. The Balaban J connectivity index is 1.42. The van der Waals surface area contributed by atoms with E-state index in [-0.39, 0.29) is 18.4 Å². The van der Waals surface area contributed by atoms with Gasteiger partial charge in [0, 0.05) is 5.92 Å². The normalized spacial score (nSPS) is 13.3. The van der Waals surface area contributed by atoms with Crippen molar-refractivity contribution in [3.63, 3.8) is 0 Å². The monoisotopic (exact) mass is 415 g/mol. The van der Waals surface area contributed by atoms with Crippen LogP contribution in [0.5, 0.6) is 5.75 Å². The summed E-state index contributed by atoms with van der Waals surface area (Å²) < 4.78 is 11.0. The standard InChI is InChI=1S/C26H25NO4/c1-17(2)24(25(28)31-18-10-4-3-5-11-18)27-26(29)30-16-23-21-14-8-6-12-19(21)20-13-7-9-15-22(20)23/h3-15,17,23-24H,16H2,1-2H3,(H,27,29)/t24-/m0/s1. The lowest BCUT2D eigenvalue weighted by atomic mass is 9.98. The average Bonchev–Trinajstić information content (AvgIpc) is 3.10. The predicted octanol–water partition coefficient (Wildman–Crippen LogP) is 5.16. The van der Waals surface area contributed by atoms with Gasteiger partial charge in [0.25, 0.3) is 0 Å². The molecule has 0 bridgehead atoms. The third-order valence-corrected chi connectivity index (χ3v) is 5.50. The van der Waals surface area contributed by atoms with Crippen molar-refractivity contribution in [1.29, 1.82) is 0 Å². The smallest absolute Gasteiger partial charge is 0.407 e. The largest absolute Gasteiger partial charge is 0.449 e. The van der Waals surface area contributed by atoms with E-state index in [0.29, 0.717) is 5.75 Å². The molecule has 0 aromatic heterocycles. The number of amides is 1. The molecule has 5 heteroatoms. The van der Waals surface area contributed by atoms with Crippen molar-refractivity contribution in [2.75, 3.05) is 6.61 Å². The molecule has 3 aromatic carbocycles. The van der Waals surface area contributed by atoms with E-state index in [9.17, 15) is 9.59 Å². The van der Waals surface area contributed by atoms with Crippen molar-refractivity contribution < 1.29 is 19.1 Å². The van der Waals surface area contributed by atoms with Gasteiger partial charge in [-0.1, -0.05) is 80.6 Å². The maximum atomic E-state index is 12.6. The van der Waals surface area contributed by atoms with E-state index in [2.05, 4.69) is 29.6 Å². The highest BCUT2D eigenvalue weighted by molar-refractivity contribution is 5.83. The number of para-hydroxylation sites is 1. The van der Waals surface area contributed by atoms with Crippen LogP contribution in [0.15, 0.2) is 78.9 Å². The van der Waals surface area contributed by atoms with Crippen LogP contribution in [0.1, 0.15) is 30.9 Å². The van der Waals surface area contributed by atoms with Crippen molar-refractivity contribution in [2.45, 2.75) is 25.8 Å². The molecule has 0 saturated heterocycles. The van der Waals surface area contributed by atoms with Crippen LogP contribution in [-0.4, -0.2) is 24.7 Å². The molecule has 0 fully saturated rings. The zero-order valence-electron chi connectivity index (χ0n) is 17.6. The topological polar surface area (TPSA) is 64.6 Å².